The second-order valence-electron chi connectivity index (χ2n) is 8.07. The summed E-state index contributed by atoms with van der Waals surface area (Å²) in [5.41, 5.74) is 0.699. The first-order chi connectivity index (χ1) is 11.0. The number of carbonyl (C=O) groups excluding carboxylic acids is 1. The standard InChI is InChI=1S/C19H23Cl2NO/c1-11(22-18(23)17-15(20)3-2-4-16(17)21)19-8-12-5-13(9-19)7-14(6-12)10-19/h2-4,11-14H,5-10H2,1H3,(H,22,23). The quantitative estimate of drug-likeness (QED) is 0.783. The van der Waals surface area contributed by atoms with Crippen LogP contribution < -0.4 is 5.32 Å². The molecule has 4 heteroatoms. The molecule has 1 aromatic carbocycles. The van der Waals surface area contributed by atoms with Gasteiger partial charge in [0.25, 0.3) is 5.91 Å². The zero-order valence-electron chi connectivity index (χ0n) is 13.4. The van der Waals surface area contributed by atoms with Gasteiger partial charge in [0.1, 0.15) is 0 Å². The summed E-state index contributed by atoms with van der Waals surface area (Å²) in [5, 5.41) is 4.07. The van der Waals surface area contributed by atoms with Crippen LogP contribution in [-0.4, -0.2) is 11.9 Å². The largest absolute Gasteiger partial charge is 0.349 e. The van der Waals surface area contributed by atoms with Crippen LogP contribution in [0.2, 0.25) is 10.0 Å². The highest BCUT2D eigenvalue weighted by molar-refractivity contribution is 6.39. The van der Waals surface area contributed by atoms with Gasteiger partial charge in [-0.2, -0.15) is 0 Å². The Morgan fingerprint density at radius 2 is 1.57 bits per heavy atom. The van der Waals surface area contributed by atoms with Gasteiger partial charge in [0.2, 0.25) is 0 Å². The fourth-order valence-electron chi connectivity index (χ4n) is 5.84. The van der Waals surface area contributed by atoms with Gasteiger partial charge in [-0.15, -0.1) is 0 Å². The molecule has 23 heavy (non-hydrogen) atoms. The molecule has 0 aliphatic heterocycles. The predicted octanol–water partition coefficient (Wildman–Crippen LogP) is 5.33. The lowest BCUT2D eigenvalue weighted by atomic mass is 9.48. The number of carbonyl (C=O) groups is 1. The molecule has 0 aromatic heterocycles. The lowest BCUT2D eigenvalue weighted by molar-refractivity contribution is -0.0688. The summed E-state index contributed by atoms with van der Waals surface area (Å²) in [4.78, 5) is 12.7. The minimum absolute atomic E-state index is 0.135. The molecule has 5 rings (SSSR count). The molecule has 4 aliphatic rings. The summed E-state index contributed by atoms with van der Waals surface area (Å²) < 4.78 is 0. The van der Waals surface area contributed by atoms with Crippen molar-refractivity contribution in [2.75, 3.05) is 0 Å². The van der Waals surface area contributed by atoms with Crippen molar-refractivity contribution < 1.29 is 4.79 Å². The summed E-state index contributed by atoms with van der Waals surface area (Å²) >= 11 is 12.4. The zero-order valence-corrected chi connectivity index (χ0v) is 15.0. The molecular formula is C19H23Cl2NO. The second kappa shape index (κ2) is 5.67. The Bertz CT molecular complexity index is 587. The van der Waals surface area contributed by atoms with Crippen LogP contribution in [-0.2, 0) is 0 Å². The van der Waals surface area contributed by atoms with E-state index in [0.717, 1.165) is 17.8 Å². The molecule has 1 aromatic rings. The molecule has 1 amide bonds. The van der Waals surface area contributed by atoms with Crippen LogP contribution in [0.5, 0.6) is 0 Å². The van der Waals surface area contributed by atoms with E-state index in [1.165, 1.54) is 38.5 Å². The van der Waals surface area contributed by atoms with Crippen molar-refractivity contribution in [2.45, 2.75) is 51.5 Å². The maximum atomic E-state index is 12.7. The minimum atomic E-state index is -0.135. The SMILES string of the molecule is CC(NC(=O)c1c(Cl)cccc1Cl)C12CC3CC(CC(C3)C1)C2. The molecule has 2 nitrogen and oxygen atoms in total. The van der Waals surface area contributed by atoms with Crippen LogP contribution in [0.1, 0.15) is 55.8 Å². The van der Waals surface area contributed by atoms with Crippen molar-refractivity contribution in [1.82, 2.24) is 5.32 Å². The fraction of sp³-hybridized carbons (Fsp3) is 0.632. The molecule has 4 fully saturated rings. The predicted molar refractivity (Wildman–Crippen MR) is 94.0 cm³/mol. The number of nitrogens with one attached hydrogen (secondary N) is 1. The highest BCUT2D eigenvalue weighted by Gasteiger charge is 2.53. The summed E-state index contributed by atoms with van der Waals surface area (Å²) in [6.45, 7) is 2.18. The molecule has 4 saturated carbocycles. The van der Waals surface area contributed by atoms with E-state index in [1.54, 1.807) is 18.2 Å². The van der Waals surface area contributed by atoms with Gasteiger partial charge in [0.15, 0.2) is 0 Å². The first-order valence-corrected chi connectivity index (χ1v) is 9.47. The molecule has 1 unspecified atom stereocenters. The average Bonchev–Trinajstić information content (AvgIpc) is 2.45. The zero-order chi connectivity index (χ0) is 16.2. The highest BCUT2D eigenvalue weighted by atomic mass is 35.5. The number of rotatable bonds is 3. The first kappa shape index (κ1) is 15.8. The van der Waals surface area contributed by atoms with Gasteiger partial charge in [-0.05, 0) is 80.8 Å². The summed E-state index contributed by atoms with van der Waals surface area (Å²) in [6.07, 6.45) is 8.06. The van der Waals surface area contributed by atoms with Gasteiger partial charge >= 0.3 is 0 Å². The smallest absolute Gasteiger partial charge is 0.254 e. The third-order valence-corrected chi connectivity index (χ3v) is 7.17. The van der Waals surface area contributed by atoms with Crippen molar-refractivity contribution in [3.05, 3.63) is 33.8 Å². The normalized spacial score (nSPS) is 36.0. The monoisotopic (exact) mass is 351 g/mol. The Hall–Kier alpha value is -0.730. The summed E-state index contributed by atoms with van der Waals surface area (Å²) in [6, 6.07) is 5.38. The van der Waals surface area contributed by atoms with Crippen molar-refractivity contribution in [1.29, 1.82) is 0 Å². The van der Waals surface area contributed by atoms with E-state index in [9.17, 15) is 4.79 Å². The first-order valence-electron chi connectivity index (χ1n) is 8.72. The van der Waals surface area contributed by atoms with Crippen LogP contribution in [0, 0.1) is 23.2 Å². The van der Waals surface area contributed by atoms with Crippen molar-refractivity contribution in [3.8, 4) is 0 Å². The molecule has 0 radical (unpaired) electrons. The summed E-state index contributed by atoms with van der Waals surface area (Å²) in [5.74, 6) is 2.50. The molecule has 1 atom stereocenters. The number of hydrogen-bond donors (Lipinski definition) is 1. The Balaban J connectivity index is 1.54. The van der Waals surface area contributed by atoms with Crippen LogP contribution in [0.4, 0.5) is 0 Å². The molecule has 4 bridgehead atoms. The molecule has 1 N–H and O–H groups in total. The lowest BCUT2D eigenvalue weighted by Gasteiger charge is -2.59. The number of halogens is 2. The Morgan fingerprint density at radius 3 is 2.04 bits per heavy atom. The van der Waals surface area contributed by atoms with Gasteiger partial charge < -0.3 is 5.32 Å². The van der Waals surface area contributed by atoms with Crippen LogP contribution in [0.25, 0.3) is 0 Å². The van der Waals surface area contributed by atoms with Gasteiger partial charge in [-0.1, -0.05) is 29.3 Å². The molecule has 0 saturated heterocycles. The molecule has 0 heterocycles. The van der Waals surface area contributed by atoms with E-state index >= 15 is 0 Å². The minimum Gasteiger partial charge on any atom is -0.349 e. The van der Waals surface area contributed by atoms with Crippen molar-refractivity contribution in [2.24, 2.45) is 23.2 Å². The Labute approximate surface area is 147 Å². The van der Waals surface area contributed by atoms with Crippen molar-refractivity contribution >= 4 is 29.1 Å². The van der Waals surface area contributed by atoms with E-state index in [0.29, 0.717) is 15.6 Å². The fourth-order valence-corrected chi connectivity index (χ4v) is 6.41. The van der Waals surface area contributed by atoms with E-state index in [4.69, 9.17) is 23.2 Å². The van der Waals surface area contributed by atoms with Crippen LogP contribution in [0.15, 0.2) is 18.2 Å². The third kappa shape index (κ3) is 2.68. The van der Waals surface area contributed by atoms with E-state index in [1.807, 2.05) is 0 Å². The summed E-state index contributed by atoms with van der Waals surface area (Å²) in [7, 11) is 0. The van der Waals surface area contributed by atoms with Gasteiger partial charge in [0, 0.05) is 6.04 Å². The maximum Gasteiger partial charge on any atom is 0.254 e. The Kier molecular flexibility index (Phi) is 3.89. The average molecular weight is 352 g/mol. The lowest BCUT2D eigenvalue weighted by Crippen LogP contribution is -2.55. The number of benzene rings is 1. The van der Waals surface area contributed by atoms with E-state index < -0.39 is 0 Å². The molecule has 0 spiro atoms. The van der Waals surface area contributed by atoms with E-state index in [2.05, 4.69) is 12.2 Å². The number of amides is 1. The van der Waals surface area contributed by atoms with Gasteiger partial charge in [-0.3, -0.25) is 4.79 Å². The van der Waals surface area contributed by atoms with Crippen LogP contribution in [0.3, 0.4) is 0 Å². The number of hydrogen-bond acceptors (Lipinski definition) is 1. The molecule has 124 valence electrons. The highest BCUT2D eigenvalue weighted by Crippen LogP contribution is 2.61. The van der Waals surface area contributed by atoms with E-state index in [-0.39, 0.29) is 17.4 Å². The third-order valence-electron chi connectivity index (χ3n) is 6.54. The molecule has 4 aliphatic carbocycles. The van der Waals surface area contributed by atoms with Gasteiger partial charge in [-0.25, -0.2) is 0 Å². The van der Waals surface area contributed by atoms with Crippen molar-refractivity contribution in [3.63, 3.8) is 0 Å². The van der Waals surface area contributed by atoms with Crippen LogP contribution >= 0.6 is 23.2 Å². The molecular weight excluding hydrogens is 329 g/mol. The topological polar surface area (TPSA) is 29.1 Å². The maximum absolute atomic E-state index is 12.7. The second-order valence-corrected chi connectivity index (χ2v) is 8.89. The Morgan fingerprint density at radius 1 is 1.09 bits per heavy atom. The van der Waals surface area contributed by atoms with Gasteiger partial charge in [0.05, 0.1) is 15.6 Å².